The maximum atomic E-state index is 15.8. The molecule has 17 heteroatoms. The molecule has 3 aromatic carbocycles. The third kappa shape index (κ3) is 15.6. The smallest absolute Gasteiger partial charge is 0.455 e. The van der Waals surface area contributed by atoms with Crippen molar-refractivity contribution in [2.45, 2.75) is 167 Å². The van der Waals surface area contributed by atoms with Gasteiger partial charge in [-0.2, -0.15) is 0 Å². The van der Waals surface area contributed by atoms with E-state index in [9.17, 15) is 34.2 Å². The number of esters is 4. The maximum absolute atomic E-state index is 15.8. The van der Waals surface area contributed by atoms with Crippen LogP contribution in [0.3, 0.4) is 0 Å². The Balaban J connectivity index is 1.17. The van der Waals surface area contributed by atoms with E-state index >= 15 is 9.59 Å². The predicted molar refractivity (Wildman–Crippen MR) is 325 cm³/mol. The molecule has 3 fully saturated rings. The van der Waals surface area contributed by atoms with E-state index in [1.165, 1.54) is 26.0 Å². The molecule has 2 unspecified atom stereocenters. The molecule has 3 aromatic rings. The summed E-state index contributed by atoms with van der Waals surface area (Å²) in [6.45, 7) is 9.92. The van der Waals surface area contributed by atoms with Crippen molar-refractivity contribution in [3.63, 3.8) is 0 Å². The molecule has 464 valence electrons. The van der Waals surface area contributed by atoms with Crippen LogP contribution in [-0.2, 0) is 52.3 Å². The Morgan fingerprint density at radius 2 is 1.25 bits per heavy atom. The number of aliphatic hydroxyl groups excluding tert-OH is 1. The first kappa shape index (κ1) is 66.5. The lowest BCUT2D eigenvalue weighted by atomic mass is 9.44. The fraction of sp³-hybridized carbons (Fsp3) is 0.443. The molecular weight excluding hydrogens is 1110 g/mol. The maximum Gasteiger partial charge on any atom is 0.509 e. The first-order valence-corrected chi connectivity index (χ1v) is 30.0. The zero-order chi connectivity index (χ0) is 62.8. The van der Waals surface area contributed by atoms with Crippen molar-refractivity contribution < 1.29 is 76.9 Å². The number of allylic oxidation sites excluding steroid dienone is 12. The van der Waals surface area contributed by atoms with Crippen molar-refractivity contribution in [3.05, 3.63) is 192 Å². The molecule has 4 aliphatic rings. The van der Waals surface area contributed by atoms with Gasteiger partial charge in [-0.15, -0.1) is 0 Å². The second-order valence-corrected chi connectivity index (χ2v) is 23.1. The molecular formula is C70H83NO16. The van der Waals surface area contributed by atoms with Crippen LogP contribution in [0, 0.1) is 16.7 Å². The van der Waals surface area contributed by atoms with Crippen LogP contribution < -0.4 is 5.32 Å². The van der Waals surface area contributed by atoms with Crippen molar-refractivity contribution in [2.24, 2.45) is 16.7 Å². The molecule has 1 amide bonds. The van der Waals surface area contributed by atoms with Crippen LogP contribution in [0.5, 0.6) is 0 Å². The van der Waals surface area contributed by atoms with Crippen molar-refractivity contribution in [1.29, 1.82) is 0 Å². The fourth-order valence-electron chi connectivity index (χ4n) is 12.4. The Kier molecular flexibility index (Phi) is 23.4. The molecule has 17 nitrogen and oxygen atoms in total. The van der Waals surface area contributed by atoms with E-state index in [4.69, 9.17) is 33.2 Å². The number of carbonyl (C=O) groups is 7. The van der Waals surface area contributed by atoms with E-state index in [0.717, 1.165) is 46.0 Å². The van der Waals surface area contributed by atoms with Gasteiger partial charge in [-0.3, -0.25) is 19.2 Å². The minimum Gasteiger partial charge on any atom is -0.455 e. The summed E-state index contributed by atoms with van der Waals surface area (Å²) in [6, 6.07) is 22.8. The predicted octanol–water partition coefficient (Wildman–Crippen LogP) is 11.4. The second-order valence-electron chi connectivity index (χ2n) is 23.1. The van der Waals surface area contributed by atoms with E-state index in [0.29, 0.717) is 24.8 Å². The molecule has 11 atom stereocenters. The first-order valence-electron chi connectivity index (χ1n) is 30.0. The van der Waals surface area contributed by atoms with Gasteiger partial charge >= 0.3 is 30.0 Å². The number of hydrogen-bond acceptors (Lipinski definition) is 16. The normalized spacial score (nSPS) is 26.6. The molecule has 0 radical (unpaired) electrons. The topological polar surface area (TPSA) is 237 Å². The van der Waals surface area contributed by atoms with Crippen LogP contribution in [0.25, 0.3) is 0 Å². The highest BCUT2D eigenvalue weighted by Crippen LogP contribution is 2.64. The molecule has 3 N–H and O–H groups in total. The quantitative estimate of drug-likeness (QED) is 0.0293. The summed E-state index contributed by atoms with van der Waals surface area (Å²) in [5.74, 6) is -7.08. The Labute approximate surface area is 510 Å². The number of benzene rings is 3. The SMILES string of the molecule is CC/C=C\C/C=C\C/C=C\C/C=C\C/C=C\C/C=C\CCCOC(=O)OC(C(=O)OC1C[C@@]2(O)[C@@H](OC(=O)c3ccccc3)[C@@H]3[C@]4(OC(C)=O)CO[C@@H]4C[C@H](O)[C@@]3(C)C(=O)[C@H](OC(C)=O)C(=C1C)C2(C)C)[C@H](NC(=O)c1ccccc1)c1ccccc1. The molecule has 1 saturated heterocycles. The molecule has 0 aromatic heterocycles. The van der Waals surface area contributed by atoms with Gasteiger partial charge in [0.25, 0.3) is 5.91 Å². The Morgan fingerprint density at radius 1 is 0.713 bits per heavy atom. The van der Waals surface area contributed by atoms with Crippen molar-refractivity contribution in [1.82, 2.24) is 5.32 Å². The number of fused-ring (bicyclic) bond motifs is 5. The van der Waals surface area contributed by atoms with Gasteiger partial charge in [0.1, 0.15) is 30.0 Å². The average Bonchev–Trinajstić information content (AvgIpc) is 0.682. The van der Waals surface area contributed by atoms with Gasteiger partial charge < -0.3 is 48.7 Å². The standard InChI is InChI=1S/C70H83NO16/c1-8-9-10-11-12-13-14-15-16-17-18-19-20-21-22-23-24-25-26-36-43-81-66(79)85-59(57(50-37-30-27-31-38-50)71-63(76)51-39-32-28-33-40-51)65(78)84-53-45-70(80)62(86-64(77)52-41-34-29-35-42-52)60-68(7,54(74)44-55-69(60,46-82-55)87-49(4)73)61(75)58(83-48(3)72)56(47(53)2)67(70,5)6/h9-10,12-13,15-16,18-19,21-22,24-25,27-35,37-42,53-55,57-60,62,74,80H,8,11,14,17,20,23,26,36,43-46H2,1-7H3,(H,71,76)/b10-9-,13-12-,16-15-,19-18-,22-21-,25-24-/t53?,54-,55+,57+,58+,59?,60-,62-,68+,69-,70+/m0/s1. The van der Waals surface area contributed by atoms with E-state index in [1.807, 2.05) is 12.2 Å². The van der Waals surface area contributed by atoms with Crippen molar-refractivity contribution in [2.75, 3.05) is 13.2 Å². The summed E-state index contributed by atoms with van der Waals surface area (Å²) in [4.78, 5) is 100. The van der Waals surface area contributed by atoms with E-state index < -0.39 is 119 Å². The number of nitrogens with one attached hydrogen (secondary N) is 1. The third-order valence-electron chi connectivity index (χ3n) is 17.0. The summed E-state index contributed by atoms with van der Waals surface area (Å²) < 4.78 is 42.5. The Morgan fingerprint density at radius 3 is 1.78 bits per heavy atom. The zero-order valence-corrected chi connectivity index (χ0v) is 50.8. The van der Waals surface area contributed by atoms with Crippen LogP contribution in [0.1, 0.15) is 145 Å². The molecule has 87 heavy (non-hydrogen) atoms. The lowest BCUT2D eigenvalue weighted by Crippen LogP contribution is -2.82. The number of carbonyl (C=O) groups excluding carboxylic acids is 7. The van der Waals surface area contributed by atoms with Gasteiger partial charge in [0.15, 0.2) is 17.5 Å². The van der Waals surface area contributed by atoms with E-state index in [-0.39, 0.29) is 41.9 Å². The number of rotatable bonds is 26. The minimum atomic E-state index is -2.48. The largest absolute Gasteiger partial charge is 0.509 e. The van der Waals surface area contributed by atoms with Gasteiger partial charge in [-0.25, -0.2) is 14.4 Å². The van der Waals surface area contributed by atoms with Crippen LogP contribution in [0.2, 0.25) is 0 Å². The number of aliphatic hydroxyl groups is 2. The number of amides is 1. The zero-order valence-electron chi connectivity index (χ0n) is 50.8. The molecule has 1 heterocycles. The lowest BCUT2D eigenvalue weighted by Gasteiger charge is -2.67. The van der Waals surface area contributed by atoms with Crippen LogP contribution in [0.4, 0.5) is 4.79 Å². The summed E-state index contributed by atoms with van der Waals surface area (Å²) in [7, 11) is 0. The van der Waals surface area contributed by atoms with Crippen molar-refractivity contribution >= 4 is 41.7 Å². The van der Waals surface area contributed by atoms with Crippen LogP contribution in [-0.4, -0.2) is 113 Å². The molecule has 3 aliphatic carbocycles. The molecule has 7 rings (SSSR count). The van der Waals surface area contributed by atoms with E-state index in [2.05, 4.69) is 73.0 Å². The van der Waals surface area contributed by atoms with Gasteiger partial charge in [0, 0.05) is 37.7 Å². The second kappa shape index (κ2) is 30.6. The lowest BCUT2D eigenvalue weighted by molar-refractivity contribution is -0.346. The summed E-state index contributed by atoms with van der Waals surface area (Å²) >= 11 is 0. The third-order valence-corrected chi connectivity index (χ3v) is 17.0. The molecule has 2 bridgehead atoms. The van der Waals surface area contributed by atoms with Crippen molar-refractivity contribution in [3.8, 4) is 0 Å². The number of unbranched alkanes of at least 4 members (excludes halogenated alkanes) is 1. The van der Waals surface area contributed by atoms with Crippen LogP contribution in [0.15, 0.2) is 175 Å². The average molecular weight is 1190 g/mol. The highest BCUT2D eigenvalue weighted by Gasteiger charge is 2.78. The van der Waals surface area contributed by atoms with Gasteiger partial charge in [-0.05, 0) is 106 Å². The minimum absolute atomic E-state index is 0.0434. The number of Topliss-reactive ketones (excluding diaryl/α,β-unsaturated/α-hetero) is 1. The Bertz CT molecular complexity index is 3110. The van der Waals surface area contributed by atoms with Gasteiger partial charge in [0.2, 0.25) is 6.10 Å². The molecule has 2 saturated carbocycles. The number of ketones is 1. The van der Waals surface area contributed by atoms with Gasteiger partial charge in [0.05, 0.1) is 36.2 Å². The monoisotopic (exact) mass is 1190 g/mol. The summed E-state index contributed by atoms with van der Waals surface area (Å²) in [5.41, 5.74) is -7.52. The number of hydrogen-bond donors (Lipinski definition) is 3. The Hall–Kier alpha value is -7.99. The van der Waals surface area contributed by atoms with E-state index in [1.54, 1.807) is 92.7 Å². The first-order chi connectivity index (χ1) is 41.7. The fourth-order valence-corrected chi connectivity index (χ4v) is 12.4. The highest BCUT2D eigenvalue weighted by atomic mass is 16.7. The highest BCUT2D eigenvalue weighted by molar-refractivity contribution is 5.96. The van der Waals surface area contributed by atoms with Crippen LogP contribution >= 0.6 is 0 Å². The molecule has 0 spiro atoms. The number of ether oxygens (including phenoxy) is 7. The molecule has 1 aliphatic heterocycles. The summed E-state index contributed by atoms with van der Waals surface area (Å²) in [6.07, 6.45) is 19.4. The summed E-state index contributed by atoms with van der Waals surface area (Å²) in [5, 5.41) is 29.2. The van der Waals surface area contributed by atoms with Gasteiger partial charge in [-0.1, -0.05) is 160 Å².